The van der Waals surface area contributed by atoms with Crippen LogP contribution in [-0.2, 0) is 6.18 Å². The Kier molecular flexibility index (Phi) is 5.36. The van der Waals surface area contributed by atoms with Crippen molar-refractivity contribution in [3.8, 4) is 17.1 Å². The number of benzene rings is 1. The maximum absolute atomic E-state index is 14.7. The molecule has 3 nitrogen and oxygen atoms in total. The summed E-state index contributed by atoms with van der Waals surface area (Å²) in [5, 5.41) is 0. The second-order valence-corrected chi connectivity index (χ2v) is 7.58. The molecule has 1 saturated heterocycles. The summed E-state index contributed by atoms with van der Waals surface area (Å²) < 4.78 is 74.9. The molecule has 2 fully saturated rings. The fourth-order valence-corrected chi connectivity index (χ4v) is 3.67. The molecule has 1 aromatic carbocycles. The molecule has 0 unspecified atom stereocenters. The minimum absolute atomic E-state index is 0.0506. The molecule has 1 saturated carbocycles. The zero-order valence-electron chi connectivity index (χ0n) is 15.7. The third-order valence-electron chi connectivity index (χ3n) is 5.45. The van der Waals surface area contributed by atoms with Crippen LogP contribution in [0.5, 0.6) is 5.88 Å². The van der Waals surface area contributed by atoms with Crippen LogP contribution < -0.4 is 9.64 Å². The van der Waals surface area contributed by atoms with E-state index in [0.717, 1.165) is 62.8 Å². The maximum atomic E-state index is 14.7. The van der Waals surface area contributed by atoms with Gasteiger partial charge in [-0.05, 0) is 56.7 Å². The molecule has 0 amide bonds. The van der Waals surface area contributed by atoms with Gasteiger partial charge in [-0.2, -0.15) is 13.2 Å². The molecular formula is C21H21F5N2O. The monoisotopic (exact) mass is 412 g/mol. The molecular weight excluding hydrogens is 391 g/mol. The number of halogens is 5. The van der Waals surface area contributed by atoms with E-state index in [2.05, 4.69) is 4.98 Å². The maximum Gasteiger partial charge on any atom is 0.416 e. The molecule has 1 aliphatic heterocycles. The third-order valence-corrected chi connectivity index (χ3v) is 5.45. The van der Waals surface area contributed by atoms with Gasteiger partial charge in [0, 0.05) is 24.7 Å². The highest BCUT2D eigenvalue weighted by atomic mass is 19.4. The summed E-state index contributed by atoms with van der Waals surface area (Å²) in [5.41, 5.74) is -1.31. The van der Waals surface area contributed by atoms with Gasteiger partial charge in [-0.1, -0.05) is 0 Å². The van der Waals surface area contributed by atoms with Crippen molar-refractivity contribution in [2.24, 2.45) is 0 Å². The van der Waals surface area contributed by atoms with Crippen LogP contribution in [0.4, 0.5) is 27.6 Å². The molecule has 0 bridgehead atoms. The number of hydrogen-bond donors (Lipinski definition) is 0. The Morgan fingerprint density at radius 2 is 1.55 bits per heavy atom. The van der Waals surface area contributed by atoms with Gasteiger partial charge < -0.3 is 9.64 Å². The number of piperidine rings is 1. The Bertz CT molecular complexity index is 866. The molecule has 156 valence electrons. The smallest absolute Gasteiger partial charge is 0.416 e. The molecule has 2 heterocycles. The van der Waals surface area contributed by atoms with Crippen LogP contribution in [0.25, 0.3) is 11.3 Å². The summed E-state index contributed by atoms with van der Waals surface area (Å²) in [6.45, 7) is 1.10. The van der Waals surface area contributed by atoms with E-state index < -0.39 is 23.4 Å². The second-order valence-electron chi connectivity index (χ2n) is 7.58. The highest BCUT2D eigenvalue weighted by Gasteiger charge is 2.33. The van der Waals surface area contributed by atoms with Gasteiger partial charge in [-0.15, -0.1) is 0 Å². The molecule has 0 radical (unpaired) electrons. The molecule has 2 aliphatic rings. The lowest BCUT2D eigenvalue weighted by Gasteiger charge is -2.29. The van der Waals surface area contributed by atoms with E-state index in [0.29, 0.717) is 13.1 Å². The molecule has 0 spiro atoms. The van der Waals surface area contributed by atoms with Crippen LogP contribution in [-0.4, -0.2) is 24.2 Å². The normalized spacial score (nSPS) is 17.9. The standard InChI is InChI=1S/C21H21F5N2O/c22-16-9-13(10-17(23)20(16)28-7-2-1-3-8-28)18-11-14(21(24,25)26)12-19(27-18)29-15-5-4-6-15/h9-12,15H,1-8H2. The summed E-state index contributed by atoms with van der Waals surface area (Å²) in [4.78, 5) is 5.74. The number of hydrogen-bond acceptors (Lipinski definition) is 3. The van der Waals surface area contributed by atoms with Gasteiger partial charge in [0.25, 0.3) is 0 Å². The van der Waals surface area contributed by atoms with Crippen molar-refractivity contribution in [1.29, 1.82) is 0 Å². The first-order chi connectivity index (χ1) is 13.8. The molecule has 1 aliphatic carbocycles. The molecule has 29 heavy (non-hydrogen) atoms. The minimum Gasteiger partial charge on any atom is -0.474 e. The van der Waals surface area contributed by atoms with Crippen LogP contribution in [0, 0.1) is 11.6 Å². The highest BCUT2D eigenvalue weighted by Crippen LogP contribution is 2.37. The van der Waals surface area contributed by atoms with Crippen molar-refractivity contribution in [3.63, 3.8) is 0 Å². The third kappa shape index (κ3) is 4.31. The zero-order chi connectivity index (χ0) is 20.6. The van der Waals surface area contributed by atoms with E-state index in [4.69, 9.17) is 4.74 Å². The first-order valence-corrected chi connectivity index (χ1v) is 9.81. The summed E-state index contributed by atoms with van der Waals surface area (Å²) in [5.74, 6) is -1.79. The molecule has 0 atom stereocenters. The van der Waals surface area contributed by atoms with Gasteiger partial charge in [0.05, 0.1) is 11.3 Å². The number of ether oxygens (including phenoxy) is 1. The average Bonchev–Trinajstić information content (AvgIpc) is 2.64. The van der Waals surface area contributed by atoms with Crippen LogP contribution in [0.3, 0.4) is 0 Å². The van der Waals surface area contributed by atoms with Gasteiger partial charge in [-0.3, -0.25) is 0 Å². The van der Waals surface area contributed by atoms with Crippen LogP contribution in [0.2, 0.25) is 0 Å². The molecule has 0 N–H and O–H groups in total. The van der Waals surface area contributed by atoms with Crippen molar-refractivity contribution in [3.05, 3.63) is 41.5 Å². The number of aromatic nitrogens is 1. The zero-order valence-corrected chi connectivity index (χ0v) is 15.7. The number of anilines is 1. The Balaban J connectivity index is 1.71. The minimum atomic E-state index is -4.62. The lowest BCUT2D eigenvalue weighted by molar-refractivity contribution is -0.137. The van der Waals surface area contributed by atoms with Crippen LogP contribution in [0.15, 0.2) is 24.3 Å². The van der Waals surface area contributed by atoms with E-state index in [1.54, 1.807) is 4.90 Å². The quantitative estimate of drug-likeness (QED) is 0.579. The SMILES string of the molecule is Fc1cc(-c2cc(C(F)(F)F)cc(OC3CCC3)n2)cc(F)c1N1CCCCC1. The summed E-state index contributed by atoms with van der Waals surface area (Å²) in [6.07, 6.45) is 0.354. The topological polar surface area (TPSA) is 25.4 Å². The Hall–Kier alpha value is -2.38. The molecule has 8 heteroatoms. The molecule has 4 rings (SSSR count). The molecule has 2 aromatic rings. The fraction of sp³-hybridized carbons (Fsp3) is 0.476. The van der Waals surface area contributed by atoms with Crippen LogP contribution >= 0.6 is 0 Å². The number of rotatable bonds is 4. The van der Waals surface area contributed by atoms with Crippen molar-refractivity contribution >= 4 is 5.69 Å². The van der Waals surface area contributed by atoms with Gasteiger partial charge >= 0.3 is 6.18 Å². The Labute approximate surface area is 165 Å². The summed E-state index contributed by atoms with van der Waals surface area (Å²) in [7, 11) is 0. The number of nitrogens with zero attached hydrogens (tertiary/aromatic N) is 2. The Morgan fingerprint density at radius 3 is 2.10 bits per heavy atom. The highest BCUT2D eigenvalue weighted by molar-refractivity contribution is 5.66. The van der Waals surface area contributed by atoms with Gasteiger partial charge in [0.2, 0.25) is 5.88 Å². The van der Waals surface area contributed by atoms with Gasteiger partial charge in [-0.25, -0.2) is 13.8 Å². The predicted molar refractivity (Wildman–Crippen MR) is 98.9 cm³/mol. The number of alkyl halides is 3. The van der Waals surface area contributed by atoms with Crippen molar-refractivity contribution in [2.45, 2.75) is 50.8 Å². The van der Waals surface area contributed by atoms with Gasteiger partial charge in [0.15, 0.2) is 0 Å². The Morgan fingerprint density at radius 1 is 0.897 bits per heavy atom. The lowest BCUT2D eigenvalue weighted by atomic mass is 9.96. The van der Waals surface area contributed by atoms with E-state index in [-0.39, 0.29) is 28.9 Å². The van der Waals surface area contributed by atoms with Crippen molar-refractivity contribution < 1.29 is 26.7 Å². The van der Waals surface area contributed by atoms with E-state index in [9.17, 15) is 22.0 Å². The second kappa shape index (κ2) is 7.80. The summed E-state index contributed by atoms with van der Waals surface area (Å²) in [6, 6.07) is 3.71. The van der Waals surface area contributed by atoms with E-state index >= 15 is 0 Å². The van der Waals surface area contributed by atoms with Crippen molar-refractivity contribution in [2.75, 3.05) is 18.0 Å². The first-order valence-electron chi connectivity index (χ1n) is 9.81. The van der Waals surface area contributed by atoms with Gasteiger partial charge in [0.1, 0.15) is 23.4 Å². The summed E-state index contributed by atoms with van der Waals surface area (Å²) >= 11 is 0. The van der Waals surface area contributed by atoms with E-state index in [1.807, 2.05) is 0 Å². The predicted octanol–water partition coefficient (Wildman–Crippen LogP) is 5.97. The van der Waals surface area contributed by atoms with E-state index in [1.165, 1.54) is 0 Å². The average molecular weight is 412 g/mol. The van der Waals surface area contributed by atoms with Crippen molar-refractivity contribution in [1.82, 2.24) is 4.98 Å². The number of pyridine rings is 1. The van der Waals surface area contributed by atoms with Crippen LogP contribution in [0.1, 0.15) is 44.1 Å². The largest absolute Gasteiger partial charge is 0.474 e. The fourth-order valence-electron chi connectivity index (χ4n) is 3.67. The first kappa shape index (κ1) is 19.9. The lowest BCUT2D eigenvalue weighted by Crippen LogP contribution is -2.31. The molecule has 1 aromatic heterocycles.